The summed E-state index contributed by atoms with van der Waals surface area (Å²) in [6.07, 6.45) is -6.03. The largest absolute Gasteiger partial charge is 1.00 e. The number of alkyl halides is 13. The second kappa shape index (κ2) is 8.05. The summed E-state index contributed by atoms with van der Waals surface area (Å²) in [4.78, 5) is 0. The van der Waals surface area contributed by atoms with Crippen LogP contribution in [-0.4, -0.2) is 54.0 Å². The van der Waals surface area contributed by atoms with Crippen molar-refractivity contribution in [3.8, 4) is 0 Å². The maximum absolute atomic E-state index is 13.1. The molecule has 0 rings (SSSR count). The predicted molar refractivity (Wildman–Crippen MR) is 54.6 cm³/mol. The molecule has 1 atom stereocenters. The summed E-state index contributed by atoms with van der Waals surface area (Å²) in [5.41, 5.74) is 0. The second-order valence-electron chi connectivity index (χ2n) is 4.77. The molecule has 3 nitrogen and oxygen atoms in total. The van der Waals surface area contributed by atoms with E-state index in [9.17, 15) is 70.0 Å². The topological polar surface area (TPSA) is 57.2 Å². The molecular formula is C9H6F13KO3S. The molecule has 1 unspecified atom stereocenters. The SMILES string of the molecule is CCC(F)C(F)(F)C(F)(F)C(F)(F)C(F)(F)C(F)(F)C(F)(F)S(=O)(=O)[O-].[K+]. The van der Waals surface area contributed by atoms with Crippen molar-refractivity contribution in [2.75, 3.05) is 0 Å². The molecule has 0 radical (unpaired) electrons. The maximum atomic E-state index is 13.1. The molecule has 0 fully saturated rings. The third-order valence-corrected chi connectivity index (χ3v) is 3.92. The van der Waals surface area contributed by atoms with Gasteiger partial charge >= 0.3 is 86.3 Å². The molecule has 0 saturated carbocycles. The van der Waals surface area contributed by atoms with Crippen LogP contribution in [0, 0.1) is 0 Å². The van der Waals surface area contributed by atoms with Gasteiger partial charge in [0.15, 0.2) is 16.3 Å². The van der Waals surface area contributed by atoms with Gasteiger partial charge in [-0.1, -0.05) is 6.92 Å². The summed E-state index contributed by atoms with van der Waals surface area (Å²) in [6, 6.07) is 0. The van der Waals surface area contributed by atoms with Crippen LogP contribution in [0.15, 0.2) is 0 Å². The molecule has 0 bridgehead atoms. The van der Waals surface area contributed by atoms with Crippen LogP contribution in [-0.2, 0) is 10.1 Å². The van der Waals surface area contributed by atoms with Crippen LogP contribution in [0.3, 0.4) is 0 Å². The van der Waals surface area contributed by atoms with Crippen molar-refractivity contribution < 1.29 is 121 Å². The Labute approximate surface area is 184 Å². The van der Waals surface area contributed by atoms with Gasteiger partial charge in [0.25, 0.3) is 0 Å². The van der Waals surface area contributed by atoms with Crippen LogP contribution in [0.4, 0.5) is 57.1 Å². The molecular weight excluding hydrogens is 474 g/mol. The van der Waals surface area contributed by atoms with Gasteiger partial charge in [-0.3, -0.25) is 0 Å². The van der Waals surface area contributed by atoms with Gasteiger partial charge in [0.2, 0.25) is 0 Å². The second-order valence-corrected chi connectivity index (χ2v) is 6.19. The van der Waals surface area contributed by atoms with E-state index in [2.05, 4.69) is 0 Å². The van der Waals surface area contributed by atoms with E-state index < -0.39 is 57.6 Å². The average Bonchev–Trinajstić information content (AvgIpc) is 2.43. The van der Waals surface area contributed by atoms with E-state index in [1.807, 2.05) is 0 Å². The fourth-order valence-electron chi connectivity index (χ4n) is 1.40. The van der Waals surface area contributed by atoms with Crippen LogP contribution in [0.25, 0.3) is 0 Å². The third-order valence-electron chi connectivity index (χ3n) is 3.03. The van der Waals surface area contributed by atoms with Crippen molar-refractivity contribution in [2.45, 2.75) is 54.4 Å². The Morgan fingerprint density at radius 2 is 1.04 bits per heavy atom. The Balaban J connectivity index is 0. The summed E-state index contributed by atoms with van der Waals surface area (Å²) in [5.74, 6) is -38.9. The Kier molecular flexibility index (Phi) is 8.89. The third kappa shape index (κ3) is 4.12. The Bertz CT molecular complexity index is 633. The number of halogens is 13. The van der Waals surface area contributed by atoms with Crippen LogP contribution in [0.1, 0.15) is 13.3 Å². The molecule has 27 heavy (non-hydrogen) atoms. The molecule has 158 valence electrons. The fraction of sp³-hybridized carbons (Fsp3) is 1.00. The molecule has 0 aromatic rings. The first-order valence-corrected chi connectivity index (χ1v) is 7.25. The van der Waals surface area contributed by atoms with E-state index in [-0.39, 0.29) is 51.4 Å². The fourth-order valence-corrected chi connectivity index (χ4v) is 1.84. The first-order chi connectivity index (χ1) is 11.0. The number of hydrogen-bond donors (Lipinski definition) is 0. The summed E-state index contributed by atoms with van der Waals surface area (Å²) < 4.78 is 198. The standard InChI is InChI=1S/C9H7F13O3S.K/c1-2-3(10)4(11,12)5(13,14)6(15,16)7(17,18)8(19,20)9(21,22)26(23,24)25;/h3H,2H2,1H3,(H,23,24,25);/q;+1/p-1. The average molecular weight is 480 g/mol. The molecule has 0 saturated heterocycles. The molecule has 0 aliphatic heterocycles. The van der Waals surface area contributed by atoms with Crippen LogP contribution < -0.4 is 51.4 Å². The van der Waals surface area contributed by atoms with Crippen molar-refractivity contribution >= 4 is 10.1 Å². The van der Waals surface area contributed by atoms with Gasteiger partial charge in [-0.2, -0.15) is 52.7 Å². The van der Waals surface area contributed by atoms with Gasteiger partial charge in [0.05, 0.1) is 0 Å². The molecule has 0 spiro atoms. The van der Waals surface area contributed by atoms with Gasteiger partial charge < -0.3 is 4.55 Å². The van der Waals surface area contributed by atoms with E-state index in [0.29, 0.717) is 6.92 Å². The Morgan fingerprint density at radius 3 is 1.30 bits per heavy atom. The molecule has 0 aromatic heterocycles. The van der Waals surface area contributed by atoms with E-state index in [1.165, 1.54) is 0 Å². The first kappa shape index (κ1) is 29.8. The van der Waals surface area contributed by atoms with Gasteiger partial charge in [-0.25, -0.2) is 12.8 Å². The zero-order valence-electron chi connectivity index (χ0n) is 12.8. The molecule has 0 heterocycles. The number of rotatable bonds is 8. The van der Waals surface area contributed by atoms with Gasteiger partial charge in [-0.05, 0) is 6.42 Å². The minimum atomic E-state index is -8.23. The summed E-state index contributed by atoms with van der Waals surface area (Å²) in [5, 5.41) is -7.61. The quantitative estimate of drug-likeness (QED) is 0.297. The summed E-state index contributed by atoms with van der Waals surface area (Å²) in [7, 11) is -7.86. The van der Waals surface area contributed by atoms with Crippen LogP contribution in [0.5, 0.6) is 0 Å². The van der Waals surface area contributed by atoms with E-state index >= 15 is 0 Å². The molecule has 0 N–H and O–H groups in total. The van der Waals surface area contributed by atoms with Crippen molar-refractivity contribution in [2.24, 2.45) is 0 Å². The molecule has 0 aliphatic carbocycles. The van der Waals surface area contributed by atoms with Gasteiger partial charge in [-0.15, -0.1) is 0 Å². The maximum Gasteiger partial charge on any atom is 1.00 e. The summed E-state index contributed by atoms with van der Waals surface area (Å²) in [6.45, 7) is 0.331. The van der Waals surface area contributed by atoms with E-state index in [0.717, 1.165) is 0 Å². The summed E-state index contributed by atoms with van der Waals surface area (Å²) >= 11 is 0. The molecule has 0 aromatic carbocycles. The molecule has 18 heteroatoms. The van der Waals surface area contributed by atoms with Gasteiger partial charge in [0, 0.05) is 0 Å². The Morgan fingerprint density at radius 1 is 0.741 bits per heavy atom. The van der Waals surface area contributed by atoms with E-state index in [1.54, 1.807) is 0 Å². The van der Waals surface area contributed by atoms with Crippen LogP contribution >= 0.6 is 0 Å². The minimum absolute atomic E-state index is 0. The normalized spacial score (nSPS) is 16.7. The smallest absolute Gasteiger partial charge is 0.743 e. The Hall–Kier alpha value is 0.636. The minimum Gasteiger partial charge on any atom is -0.743 e. The zero-order valence-corrected chi connectivity index (χ0v) is 16.8. The molecule has 0 amide bonds. The van der Waals surface area contributed by atoms with Gasteiger partial charge in [0.1, 0.15) is 0 Å². The van der Waals surface area contributed by atoms with E-state index in [4.69, 9.17) is 0 Å². The van der Waals surface area contributed by atoms with Crippen molar-refractivity contribution in [3.05, 3.63) is 0 Å². The van der Waals surface area contributed by atoms with Crippen molar-refractivity contribution in [3.63, 3.8) is 0 Å². The monoisotopic (exact) mass is 480 g/mol. The number of hydrogen-bond acceptors (Lipinski definition) is 3. The van der Waals surface area contributed by atoms with Crippen molar-refractivity contribution in [1.29, 1.82) is 0 Å². The molecule has 0 aliphatic rings. The predicted octanol–water partition coefficient (Wildman–Crippen LogP) is 1.05. The van der Waals surface area contributed by atoms with Crippen molar-refractivity contribution in [1.82, 2.24) is 0 Å². The zero-order chi connectivity index (χ0) is 21.8. The van der Waals surface area contributed by atoms with Crippen LogP contribution in [0.2, 0.25) is 0 Å². The first-order valence-electron chi connectivity index (χ1n) is 5.84.